The number of nitrogens with one attached hydrogen (secondary N) is 1. The summed E-state index contributed by atoms with van der Waals surface area (Å²) in [6.45, 7) is 1.47. The van der Waals surface area contributed by atoms with Crippen LogP contribution in [0.15, 0.2) is 52.9 Å². The van der Waals surface area contributed by atoms with Crippen LogP contribution in [0.2, 0.25) is 0 Å². The second kappa shape index (κ2) is 6.96. The second-order valence-electron chi connectivity index (χ2n) is 5.23. The van der Waals surface area contributed by atoms with Crippen LogP contribution >= 0.6 is 0 Å². The van der Waals surface area contributed by atoms with E-state index in [9.17, 15) is 9.59 Å². The van der Waals surface area contributed by atoms with Gasteiger partial charge in [0.15, 0.2) is 5.78 Å². The Morgan fingerprint density at radius 2 is 1.60 bits per heavy atom. The van der Waals surface area contributed by atoms with Gasteiger partial charge < -0.3 is 9.15 Å². The highest BCUT2D eigenvalue weighted by Gasteiger charge is 2.13. The first-order valence-corrected chi connectivity index (χ1v) is 7.47. The topological polar surface area (TPSA) is 94.3 Å². The fourth-order valence-electron chi connectivity index (χ4n) is 2.15. The molecular formula is C18H15N3O4. The van der Waals surface area contributed by atoms with Crippen LogP contribution in [-0.2, 0) is 0 Å². The van der Waals surface area contributed by atoms with Crippen molar-refractivity contribution in [3.05, 3.63) is 59.7 Å². The molecule has 0 aliphatic rings. The number of Topliss-reactive ketones (excluding diaryl/α,β-unsaturated/α-hetero) is 1. The number of ether oxygens (including phenoxy) is 1. The number of ketones is 1. The molecule has 25 heavy (non-hydrogen) atoms. The number of carbonyl (C=O) groups excluding carboxylic acids is 2. The van der Waals surface area contributed by atoms with Gasteiger partial charge in [-0.2, -0.15) is 0 Å². The van der Waals surface area contributed by atoms with Crippen molar-refractivity contribution in [3.8, 4) is 17.2 Å². The van der Waals surface area contributed by atoms with E-state index in [2.05, 4.69) is 15.5 Å². The van der Waals surface area contributed by atoms with Crippen molar-refractivity contribution < 1.29 is 18.7 Å². The van der Waals surface area contributed by atoms with E-state index >= 15 is 0 Å². The van der Waals surface area contributed by atoms with Crippen LogP contribution in [0, 0.1) is 0 Å². The molecule has 0 spiro atoms. The van der Waals surface area contributed by atoms with Gasteiger partial charge in [-0.05, 0) is 43.3 Å². The van der Waals surface area contributed by atoms with Gasteiger partial charge in [0.05, 0.1) is 7.11 Å². The van der Waals surface area contributed by atoms with E-state index in [1.807, 2.05) is 0 Å². The van der Waals surface area contributed by atoms with Crippen molar-refractivity contribution in [2.75, 3.05) is 12.4 Å². The van der Waals surface area contributed by atoms with Crippen LogP contribution < -0.4 is 10.1 Å². The first kappa shape index (κ1) is 16.4. The number of aromatic nitrogens is 2. The molecule has 0 saturated carbocycles. The Bertz CT molecular complexity index is 899. The third-order valence-electron chi connectivity index (χ3n) is 3.54. The minimum absolute atomic E-state index is 0.00791. The van der Waals surface area contributed by atoms with Gasteiger partial charge in [0.1, 0.15) is 5.75 Å². The number of carbonyl (C=O) groups is 2. The standard InChI is InChI=1S/C18H15N3O4/c1-11(22)12-3-5-13(6-4-12)16(23)19-18-21-20-17(25-18)14-7-9-15(24-2)10-8-14/h3-10H,1-2H3,(H,19,21,23). The molecule has 1 aromatic heterocycles. The Morgan fingerprint density at radius 1 is 0.960 bits per heavy atom. The highest BCUT2D eigenvalue weighted by Crippen LogP contribution is 2.22. The molecule has 1 N–H and O–H groups in total. The summed E-state index contributed by atoms with van der Waals surface area (Å²) in [5.41, 5.74) is 1.63. The number of benzene rings is 2. The summed E-state index contributed by atoms with van der Waals surface area (Å²) in [6, 6.07) is 13.4. The summed E-state index contributed by atoms with van der Waals surface area (Å²) < 4.78 is 10.5. The minimum atomic E-state index is -0.403. The Labute approximate surface area is 143 Å². The molecule has 0 aliphatic carbocycles. The van der Waals surface area contributed by atoms with E-state index in [0.29, 0.717) is 22.4 Å². The van der Waals surface area contributed by atoms with E-state index in [-0.39, 0.29) is 17.7 Å². The molecule has 7 heteroatoms. The third-order valence-corrected chi connectivity index (χ3v) is 3.54. The molecule has 126 valence electrons. The summed E-state index contributed by atoms with van der Waals surface area (Å²) in [6.07, 6.45) is 0. The monoisotopic (exact) mass is 337 g/mol. The molecule has 3 aromatic rings. The molecular weight excluding hydrogens is 322 g/mol. The van der Waals surface area contributed by atoms with Crippen molar-refractivity contribution in [3.63, 3.8) is 0 Å². The molecule has 0 aliphatic heterocycles. The van der Waals surface area contributed by atoms with E-state index < -0.39 is 5.91 Å². The smallest absolute Gasteiger partial charge is 0.322 e. The Hall–Kier alpha value is -3.48. The van der Waals surface area contributed by atoms with Gasteiger partial charge in [-0.15, -0.1) is 5.10 Å². The maximum Gasteiger partial charge on any atom is 0.322 e. The van der Waals surface area contributed by atoms with Crippen molar-refractivity contribution in [1.82, 2.24) is 10.2 Å². The van der Waals surface area contributed by atoms with Crippen LogP contribution in [0.4, 0.5) is 6.01 Å². The van der Waals surface area contributed by atoms with Gasteiger partial charge in [-0.3, -0.25) is 14.9 Å². The van der Waals surface area contributed by atoms with Gasteiger partial charge in [0.2, 0.25) is 5.89 Å². The molecule has 0 unspecified atom stereocenters. The number of nitrogens with zero attached hydrogens (tertiary/aromatic N) is 2. The molecule has 0 saturated heterocycles. The van der Waals surface area contributed by atoms with Gasteiger partial charge in [0.25, 0.3) is 5.91 Å². The number of rotatable bonds is 5. The molecule has 0 bridgehead atoms. The molecule has 0 atom stereocenters. The average Bonchev–Trinajstić information content (AvgIpc) is 3.10. The normalized spacial score (nSPS) is 10.3. The lowest BCUT2D eigenvalue weighted by atomic mass is 10.1. The highest BCUT2D eigenvalue weighted by molar-refractivity contribution is 6.04. The highest BCUT2D eigenvalue weighted by atomic mass is 16.5. The Morgan fingerprint density at radius 3 is 2.20 bits per heavy atom. The largest absolute Gasteiger partial charge is 0.497 e. The zero-order valence-corrected chi connectivity index (χ0v) is 13.6. The lowest BCUT2D eigenvalue weighted by Crippen LogP contribution is -2.12. The maximum absolute atomic E-state index is 12.2. The van der Waals surface area contributed by atoms with Crippen LogP contribution in [-0.4, -0.2) is 29.0 Å². The number of anilines is 1. The Balaban J connectivity index is 1.71. The fraction of sp³-hybridized carbons (Fsp3) is 0.111. The number of methoxy groups -OCH3 is 1. The van der Waals surface area contributed by atoms with Gasteiger partial charge in [-0.1, -0.05) is 17.2 Å². The van der Waals surface area contributed by atoms with Gasteiger partial charge >= 0.3 is 6.01 Å². The molecule has 2 aromatic carbocycles. The van der Waals surface area contributed by atoms with Crippen LogP contribution in [0.1, 0.15) is 27.6 Å². The zero-order chi connectivity index (χ0) is 17.8. The molecule has 0 fully saturated rings. The summed E-state index contributed by atoms with van der Waals surface area (Å²) in [5, 5.41) is 10.3. The number of amides is 1. The zero-order valence-electron chi connectivity index (χ0n) is 13.6. The Kier molecular flexibility index (Phi) is 4.56. The molecule has 0 radical (unpaired) electrons. The molecule has 7 nitrogen and oxygen atoms in total. The SMILES string of the molecule is COc1ccc(-c2nnc(NC(=O)c3ccc(C(C)=O)cc3)o2)cc1. The predicted octanol–water partition coefficient (Wildman–Crippen LogP) is 3.20. The minimum Gasteiger partial charge on any atom is -0.497 e. The lowest BCUT2D eigenvalue weighted by Gasteiger charge is -2.02. The van der Waals surface area contributed by atoms with Crippen molar-refractivity contribution in [2.45, 2.75) is 6.92 Å². The number of hydrogen-bond acceptors (Lipinski definition) is 6. The van der Waals surface area contributed by atoms with Gasteiger partial charge in [0, 0.05) is 16.7 Å². The van der Waals surface area contributed by atoms with Crippen molar-refractivity contribution in [2.24, 2.45) is 0 Å². The van der Waals surface area contributed by atoms with E-state index in [0.717, 1.165) is 0 Å². The summed E-state index contributed by atoms with van der Waals surface area (Å²) in [5.74, 6) is 0.531. The van der Waals surface area contributed by atoms with Crippen LogP contribution in [0.25, 0.3) is 11.5 Å². The third kappa shape index (κ3) is 3.72. The van der Waals surface area contributed by atoms with E-state index in [1.165, 1.54) is 6.92 Å². The summed E-state index contributed by atoms with van der Waals surface area (Å²) >= 11 is 0. The second-order valence-corrected chi connectivity index (χ2v) is 5.23. The van der Waals surface area contributed by atoms with Crippen LogP contribution in [0.3, 0.4) is 0 Å². The summed E-state index contributed by atoms with van der Waals surface area (Å²) in [4.78, 5) is 23.4. The van der Waals surface area contributed by atoms with Crippen LogP contribution in [0.5, 0.6) is 5.75 Å². The van der Waals surface area contributed by atoms with E-state index in [4.69, 9.17) is 9.15 Å². The van der Waals surface area contributed by atoms with Gasteiger partial charge in [-0.25, -0.2) is 0 Å². The van der Waals surface area contributed by atoms with Crippen molar-refractivity contribution in [1.29, 1.82) is 0 Å². The molecule has 3 rings (SSSR count). The predicted molar refractivity (Wildman–Crippen MR) is 90.7 cm³/mol. The summed E-state index contributed by atoms with van der Waals surface area (Å²) in [7, 11) is 1.58. The van der Waals surface area contributed by atoms with Crippen molar-refractivity contribution >= 4 is 17.7 Å². The average molecular weight is 337 g/mol. The molecule has 1 heterocycles. The fourth-order valence-corrected chi connectivity index (χ4v) is 2.15. The first-order chi connectivity index (χ1) is 12.1. The first-order valence-electron chi connectivity index (χ1n) is 7.47. The molecule has 1 amide bonds. The van der Waals surface area contributed by atoms with E-state index in [1.54, 1.807) is 55.6 Å². The number of hydrogen-bond donors (Lipinski definition) is 1. The lowest BCUT2D eigenvalue weighted by molar-refractivity contribution is 0.100. The quantitative estimate of drug-likeness (QED) is 0.719. The maximum atomic E-state index is 12.2.